The monoisotopic (exact) mass is 338 g/mol. The number of nitrogens with two attached hydrogens (primary N) is 1. The Morgan fingerprint density at radius 1 is 1.33 bits per heavy atom. The van der Waals surface area contributed by atoms with Crippen molar-refractivity contribution in [1.82, 2.24) is 9.97 Å². The van der Waals surface area contributed by atoms with Crippen molar-refractivity contribution >= 4 is 23.4 Å². The lowest BCUT2D eigenvalue weighted by Gasteiger charge is -2.09. The normalized spacial score (nSPS) is 11.4. The third-order valence-electron chi connectivity index (χ3n) is 2.95. The first-order chi connectivity index (χ1) is 11.7. The first kappa shape index (κ1) is 17.5. The molecule has 1 amide bonds. The number of allylic oxidation sites excluding steroid dienone is 3. The molecule has 0 radical (unpaired) electrons. The van der Waals surface area contributed by atoms with Crippen LogP contribution in [-0.4, -0.2) is 21.6 Å². The van der Waals surface area contributed by atoms with Gasteiger partial charge >= 0.3 is 0 Å². The summed E-state index contributed by atoms with van der Waals surface area (Å²) in [5.74, 6) is 0.409. The van der Waals surface area contributed by atoms with Crippen LogP contribution in [0.5, 0.6) is 0 Å². The van der Waals surface area contributed by atoms with E-state index in [1.54, 1.807) is 55.0 Å². The Bertz CT molecular complexity index is 757. The van der Waals surface area contributed by atoms with Crippen LogP contribution in [0.4, 0.5) is 5.69 Å². The number of thioether (sulfide) groups is 1. The van der Waals surface area contributed by atoms with Crippen LogP contribution in [0.25, 0.3) is 0 Å². The van der Waals surface area contributed by atoms with Crippen molar-refractivity contribution in [2.45, 2.75) is 5.03 Å². The van der Waals surface area contributed by atoms with Crippen molar-refractivity contribution in [3.8, 4) is 0 Å². The number of carbonyl (C=O) groups is 1. The van der Waals surface area contributed by atoms with E-state index < -0.39 is 0 Å². The van der Waals surface area contributed by atoms with Gasteiger partial charge in [-0.2, -0.15) is 0 Å². The molecular weight excluding hydrogens is 320 g/mol. The van der Waals surface area contributed by atoms with Crippen molar-refractivity contribution in [3.05, 3.63) is 85.0 Å². The fourth-order valence-electron chi connectivity index (χ4n) is 1.89. The molecule has 2 rings (SSSR count). The first-order valence-electron chi connectivity index (χ1n) is 7.23. The molecule has 2 aromatic heterocycles. The van der Waals surface area contributed by atoms with Gasteiger partial charge in [0.25, 0.3) is 5.91 Å². The lowest BCUT2D eigenvalue weighted by Crippen LogP contribution is -2.13. The number of aromatic nitrogens is 2. The molecule has 3 N–H and O–H groups in total. The van der Waals surface area contributed by atoms with Crippen LogP contribution >= 0.6 is 11.8 Å². The molecule has 0 atom stereocenters. The Labute approximate surface area is 145 Å². The van der Waals surface area contributed by atoms with E-state index in [1.165, 1.54) is 18.0 Å². The van der Waals surface area contributed by atoms with Crippen molar-refractivity contribution in [1.29, 1.82) is 0 Å². The van der Waals surface area contributed by atoms with Gasteiger partial charge in [0.1, 0.15) is 5.03 Å². The summed E-state index contributed by atoms with van der Waals surface area (Å²) >= 11 is 1.46. The van der Waals surface area contributed by atoms with Gasteiger partial charge in [-0.05, 0) is 42.1 Å². The predicted octanol–water partition coefficient (Wildman–Crippen LogP) is 3.41. The van der Waals surface area contributed by atoms with Crippen LogP contribution < -0.4 is 11.1 Å². The highest BCUT2D eigenvalue weighted by atomic mass is 32.2. The van der Waals surface area contributed by atoms with Gasteiger partial charge < -0.3 is 11.1 Å². The predicted molar refractivity (Wildman–Crippen MR) is 98.8 cm³/mol. The lowest BCUT2D eigenvalue weighted by molar-refractivity contribution is 0.102. The third-order valence-corrected chi connectivity index (χ3v) is 4.03. The number of nitrogens with zero attached hydrogens (tertiary/aromatic N) is 2. The smallest absolute Gasteiger partial charge is 0.258 e. The Balaban J connectivity index is 2.13. The largest absolute Gasteiger partial charge is 0.405 e. The molecule has 0 saturated heterocycles. The summed E-state index contributed by atoms with van der Waals surface area (Å²) in [6.07, 6.45) is 11.8. The molecule has 2 heterocycles. The number of hydrogen-bond acceptors (Lipinski definition) is 5. The average molecular weight is 338 g/mol. The van der Waals surface area contributed by atoms with Gasteiger partial charge in [-0.1, -0.05) is 18.7 Å². The molecule has 0 aliphatic carbocycles. The van der Waals surface area contributed by atoms with Crippen LogP contribution in [0.1, 0.15) is 10.4 Å². The van der Waals surface area contributed by atoms with Crippen LogP contribution in [0.3, 0.4) is 0 Å². The number of nitrogens with one attached hydrogen (secondary N) is 1. The van der Waals surface area contributed by atoms with E-state index in [4.69, 9.17) is 5.73 Å². The molecule has 0 saturated carbocycles. The van der Waals surface area contributed by atoms with Gasteiger partial charge in [-0.3, -0.25) is 9.78 Å². The maximum atomic E-state index is 12.5. The Morgan fingerprint density at radius 2 is 2.17 bits per heavy atom. The maximum absolute atomic E-state index is 12.5. The molecule has 0 aliphatic heterocycles. The third kappa shape index (κ3) is 5.10. The van der Waals surface area contributed by atoms with Gasteiger partial charge in [-0.25, -0.2) is 4.98 Å². The van der Waals surface area contributed by atoms with Crippen molar-refractivity contribution in [2.75, 3.05) is 11.1 Å². The molecule has 24 heavy (non-hydrogen) atoms. The minimum atomic E-state index is -0.220. The van der Waals surface area contributed by atoms with E-state index in [0.29, 0.717) is 22.0 Å². The molecular formula is C18H18N4OS. The Kier molecular flexibility index (Phi) is 6.79. The van der Waals surface area contributed by atoms with Crippen molar-refractivity contribution in [2.24, 2.45) is 5.73 Å². The minimum absolute atomic E-state index is 0.220. The lowest BCUT2D eigenvalue weighted by atomic mass is 10.2. The Hall–Kier alpha value is -2.86. The number of amides is 1. The summed E-state index contributed by atoms with van der Waals surface area (Å²) in [6, 6.07) is 7.03. The molecule has 0 aliphatic rings. The standard InChI is InChI=1S/C18H18N4OS/c1-2-5-14(8-9-19)13-24-18-16(7-4-11-21-18)17(23)22-15-6-3-10-20-12-15/h2-12H,1,13,19H2,(H,22,23)/b9-8-,14-5+. The van der Waals surface area contributed by atoms with Gasteiger partial charge in [0.05, 0.1) is 17.4 Å². The molecule has 0 bridgehead atoms. The number of anilines is 1. The zero-order valence-electron chi connectivity index (χ0n) is 13.1. The summed E-state index contributed by atoms with van der Waals surface area (Å²) < 4.78 is 0. The second-order valence-electron chi connectivity index (χ2n) is 4.68. The minimum Gasteiger partial charge on any atom is -0.405 e. The highest BCUT2D eigenvalue weighted by molar-refractivity contribution is 7.99. The second-order valence-corrected chi connectivity index (χ2v) is 5.64. The summed E-state index contributed by atoms with van der Waals surface area (Å²) in [4.78, 5) is 20.8. The number of hydrogen-bond donors (Lipinski definition) is 2. The maximum Gasteiger partial charge on any atom is 0.258 e. The fourth-order valence-corrected chi connectivity index (χ4v) is 2.84. The van der Waals surface area contributed by atoms with E-state index >= 15 is 0 Å². The fraction of sp³-hybridized carbons (Fsp3) is 0.0556. The van der Waals surface area contributed by atoms with E-state index in [1.807, 2.05) is 6.08 Å². The van der Waals surface area contributed by atoms with Gasteiger partial charge in [0, 0.05) is 18.1 Å². The van der Waals surface area contributed by atoms with Gasteiger partial charge in [0.2, 0.25) is 0 Å². The molecule has 0 fully saturated rings. The van der Waals surface area contributed by atoms with E-state index in [-0.39, 0.29) is 5.91 Å². The summed E-state index contributed by atoms with van der Waals surface area (Å²) in [6.45, 7) is 3.68. The van der Waals surface area contributed by atoms with Crippen molar-refractivity contribution < 1.29 is 4.79 Å². The molecule has 6 heteroatoms. The zero-order chi connectivity index (χ0) is 17.2. The molecule has 0 spiro atoms. The van der Waals surface area contributed by atoms with Crippen LogP contribution in [0.15, 0.2) is 84.5 Å². The van der Waals surface area contributed by atoms with E-state index in [9.17, 15) is 4.79 Å². The molecule has 2 aromatic rings. The summed E-state index contributed by atoms with van der Waals surface area (Å²) in [5.41, 5.74) is 7.58. The number of carbonyl (C=O) groups excluding carboxylic acids is 1. The average Bonchev–Trinajstić information content (AvgIpc) is 2.61. The zero-order valence-corrected chi connectivity index (χ0v) is 13.9. The van der Waals surface area contributed by atoms with E-state index in [0.717, 1.165) is 5.57 Å². The highest BCUT2D eigenvalue weighted by Crippen LogP contribution is 2.23. The highest BCUT2D eigenvalue weighted by Gasteiger charge is 2.13. The molecule has 0 unspecified atom stereocenters. The van der Waals surface area contributed by atoms with Crippen LogP contribution in [-0.2, 0) is 0 Å². The molecule has 122 valence electrons. The molecule has 5 nitrogen and oxygen atoms in total. The summed E-state index contributed by atoms with van der Waals surface area (Å²) in [7, 11) is 0. The SMILES string of the molecule is C=C/C=C(\C=C/N)CSc1ncccc1C(=O)Nc1cccnc1. The number of pyridine rings is 2. The number of rotatable bonds is 7. The topological polar surface area (TPSA) is 80.9 Å². The Morgan fingerprint density at radius 3 is 2.88 bits per heavy atom. The van der Waals surface area contributed by atoms with Crippen LogP contribution in [0.2, 0.25) is 0 Å². The summed E-state index contributed by atoms with van der Waals surface area (Å²) in [5, 5.41) is 3.47. The van der Waals surface area contributed by atoms with Gasteiger partial charge in [0.15, 0.2) is 0 Å². The van der Waals surface area contributed by atoms with Crippen molar-refractivity contribution in [3.63, 3.8) is 0 Å². The first-order valence-corrected chi connectivity index (χ1v) is 8.22. The van der Waals surface area contributed by atoms with Crippen LogP contribution in [0, 0.1) is 0 Å². The quantitative estimate of drug-likeness (QED) is 0.597. The van der Waals surface area contributed by atoms with Gasteiger partial charge in [-0.15, -0.1) is 11.8 Å². The molecule has 0 aromatic carbocycles. The van der Waals surface area contributed by atoms with E-state index in [2.05, 4.69) is 21.9 Å². The second kappa shape index (κ2) is 9.32.